The first-order valence-corrected chi connectivity index (χ1v) is 13.4. The fraction of sp³-hybridized carbons (Fsp3) is 0.682. The second-order valence-corrected chi connectivity index (χ2v) is 12.6. The van der Waals surface area contributed by atoms with Crippen molar-refractivity contribution in [3.05, 3.63) is 17.5 Å². The van der Waals surface area contributed by atoms with Crippen LogP contribution in [0.25, 0.3) is 0 Å². The number of rotatable bonds is 7. The fourth-order valence-corrected chi connectivity index (χ4v) is 6.85. The first-order valence-electron chi connectivity index (χ1n) is 11.1. The molecule has 182 valence electrons. The van der Waals surface area contributed by atoms with Crippen LogP contribution >= 0.6 is 11.3 Å². The van der Waals surface area contributed by atoms with Crippen molar-refractivity contribution in [3.8, 4) is 0 Å². The van der Waals surface area contributed by atoms with E-state index in [-0.39, 0.29) is 5.92 Å². The maximum absolute atomic E-state index is 13.1. The highest BCUT2D eigenvalue weighted by atomic mass is 32.2. The lowest BCUT2D eigenvalue weighted by molar-refractivity contribution is -0.811. The van der Waals surface area contributed by atoms with E-state index in [4.69, 9.17) is 9.57 Å². The zero-order chi connectivity index (χ0) is 24.4. The van der Waals surface area contributed by atoms with E-state index in [9.17, 15) is 18.0 Å². The summed E-state index contributed by atoms with van der Waals surface area (Å²) in [7, 11) is -3.53. The average molecular weight is 499 g/mol. The molecule has 0 bridgehead atoms. The highest BCUT2D eigenvalue weighted by Gasteiger charge is 2.56. The first kappa shape index (κ1) is 25.6. The Morgan fingerprint density at radius 2 is 2.09 bits per heavy atom. The lowest BCUT2D eigenvalue weighted by atomic mass is 9.82. The van der Waals surface area contributed by atoms with Crippen molar-refractivity contribution >= 4 is 39.6 Å². The predicted molar refractivity (Wildman–Crippen MR) is 123 cm³/mol. The van der Waals surface area contributed by atoms with Crippen molar-refractivity contribution in [3.63, 3.8) is 0 Å². The van der Waals surface area contributed by atoms with Crippen LogP contribution in [0.15, 0.2) is 26.7 Å². The van der Waals surface area contributed by atoms with E-state index in [0.717, 1.165) is 0 Å². The van der Waals surface area contributed by atoms with E-state index < -0.39 is 39.3 Å². The molecule has 0 radical (unpaired) electrons. The van der Waals surface area contributed by atoms with Crippen LogP contribution < -0.4 is 0 Å². The molecule has 0 saturated carbocycles. The Bertz CT molecular complexity index is 1030. The summed E-state index contributed by atoms with van der Waals surface area (Å²) < 4.78 is 34.7. The molecule has 1 aromatic rings. The molecule has 3 unspecified atom stereocenters. The van der Waals surface area contributed by atoms with E-state index in [1.807, 2.05) is 20.1 Å². The van der Waals surface area contributed by atoms with Gasteiger partial charge in [0.1, 0.15) is 15.9 Å². The Labute approximate surface area is 199 Å². The third-order valence-corrected chi connectivity index (χ3v) is 9.34. The summed E-state index contributed by atoms with van der Waals surface area (Å²) in [5.41, 5.74) is -1.37. The number of carbonyl (C=O) groups excluding carboxylic acids is 2. The van der Waals surface area contributed by atoms with Crippen LogP contribution in [-0.4, -0.2) is 72.1 Å². The van der Waals surface area contributed by atoms with Gasteiger partial charge in [0, 0.05) is 25.9 Å². The Hall–Kier alpha value is -2.07. The third kappa shape index (κ3) is 5.37. The van der Waals surface area contributed by atoms with Gasteiger partial charge in [-0.2, -0.15) is 9.30 Å². The van der Waals surface area contributed by atoms with E-state index in [1.54, 1.807) is 44.4 Å². The fourth-order valence-electron chi connectivity index (χ4n) is 4.26. The summed E-state index contributed by atoms with van der Waals surface area (Å²) >= 11 is 1.20. The van der Waals surface area contributed by atoms with Crippen LogP contribution in [0.3, 0.4) is 0 Å². The van der Waals surface area contributed by atoms with Gasteiger partial charge in [-0.25, -0.2) is 18.0 Å². The number of hydrogen-bond acceptors (Lipinski definition) is 8. The number of piperidine rings is 1. The summed E-state index contributed by atoms with van der Waals surface area (Å²) in [4.78, 5) is 34.3. The van der Waals surface area contributed by atoms with Crippen molar-refractivity contribution in [1.29, 1.82) is 0 Å². The Morgan fingerprint density at radius 3 is 2.61 bits per heavy atom. The molecular weight excluding hydrogens is 466 g/mol. The van der Waals surface area contributed by atoms with Gasteiger partial charge in [0.2, 0.25) is 12.3 Å². The summed E-state index contributed by atoms with van der Waals surface area (Å²) in [5, 5.41) is 1.75. The number of nitrogens with zero attached hydrogens (tertiary/aromatic N) is 3. The normalized spacial score (nSPS) is 22.7. The molecule has 2 aliphatic heterocycles. The first-order chi connectivity index (χ1) is 15.4. The Balaban J connectivity index is 1.80. The molecule has 0 amide bonds. The maximum Gasteiger partial charge on any atom is 0.383 e. The van der Waals surface area contributed by atoms with Gasteiger partial charge in [-0.05, 0) is 50.3 Å². The quantitative estimate of drug-likeness (QED) is 0.248. The molecule has 3 atom stereocenters. The SMILES string of the molecule is CCC(N=C=O)C(C(=O)OC(C)(C)C)[N+]1=CC(C)C2(CCN(S(=O)(=O)c3cccs3)CC2)O1. The molecule has 1 aromatic heterocycles. The summed E-state index contributed by atoms with van der Waals surface area (Å²) in [6, 6.07) is 1.71. The second-order valence-electron chi connectivity index (χ2n) is 9.46. The van der Waals surface area contributed by atoms with Crippen LogP contribution in [0.5, 0.6) is 0 Å². The molecule has 0 aromatic carbocycles. The number of sulfonamides is 1. The summed E-state index contributed by atoms with van der Waals surface area (Å²) in [6.45, 7) is 9.75. The maximum atomic E-state index is 13.1. The zero-order valence-corrected chi connectivity index (χ0v) is 21.3. The number of carbonyl (C=O) groups is 1. The predicted octanol–water partition coefficient (Wildman–Crippen LogP) is 2.76. The van der Waals surface area contributed by atoms with Crippen molar-refractivity contribution in [2.24, 2.45) is 10.9 Å². The minimum Gasteiger partial charge on any atom is -0.455 e. The Morgan fingerprint density at radius 1 is 1.42 bits per heavy atom. The van der Waals surface area contributed by atoms with Gasteiger partial charge in [-0.3, -0.25) is 4.84 Å². The summed E-state index contributed by atoms with van der Waals surface area (Å²) in [5.74, 6) is -0.613. The molecule has 3 heterocycles. The van der Waals surface area contributed by atoms with Gasteiger partial charge in [0.25, 0.3) is 10.0 Å². The number of isocyanates is 1. The molecule has 9 nitrogen and oxygen atoms in total. The average Bonchev–Trinajstić information content (AvgIpc) is 3.37. The molecule has 0 aliphatic carbocycles. The van der Waals surface area contributed by atoms with Crippen LogP contribution in [-0.2, 0) is 29.2 Å². The van der Waals surface area contributed by atoms with Crippen LogP contribution in [0.4, 0.5) is 0 Å². The number of aliphatic imine (C=N–C) groups is 1. The van der Waals surface area contributed by atoms with Crippen molar-refractivity contribution < 1.29 is 32.3 Å². The van der Waals surface area contributed by atoms with E-state index in [2.05, 4.69) is 4.99 Å². The third-order valence-electron chi connectivity index (χ3n) is 6.07. The molecule has 1 spiro atoms. The standard InChI is InChI=1S/C22H32N3O6S2/c1-6-17(23-15-26)19(20(27)30-21(3,4)5)25-14-16(2)22(31-25)9-11-24(12-10-22)33(28,29)18-8-7-13-32-18/h7-8,13-14,16-17,19H,6,9-12H2,1-5H3/q+1. The molecule has 2 aliphatic rings. The minimum atomic E-state index is -3.53. The molecular formula is C22H32N3O6S2+. The molecule has 0 N–H and O–H groups in total. The number of thiophene rings is 1. The van der Waals surface area contributed by atoms with Crippen LogP contribution in [0, 0.1) is 5.92 Å². The van der Waals surface area contributed by atoms with Gasteiger partial charge in [0.05, 0.1) is 5.92 Å². The molecule has 1 saturated heterocycles. The Kier molecular flexibility index (Phi) is 7.48. The molecule has 3 rings (SSSR count). The molecule has 33 heavy (non-hydrogen) atoms. The van der Waals surface area contributed by atoms with Gasteiger partial charge in [-0.1, -0.05) is 13.0 Å². The number of hydrogen-bond donors (Lipinski definition) is 0. The zero-order valence-electron chi connectivity index (χ0n) is 19.7. The van der Waals surface area contributed by atoms with Crippen molar-refractivity contribution in [2.45, 2.75) is 81.4 Å². The van der Waals surface area contributed by atoms with Crippen LogP contribution in [0.1, 0.15) is 53.9 Å². The highest BCUT2D eigenvalue weighted by Crippen LogP contribution is 2.39. The monoisotopic (exact) mass is 498 g/mol. The molecule has 11 heteroatoms. The van der Waals surface area contributed by atoms with Gasteiger partial charge >= 0.3 is 12.0 Å². The lowest BCUT2D eigenvalue weighted by Gasteiger charge is -2.37. The van der Waals surface area contributed by atoms with E-state index in [0.29, 0.717) is 36.6 Å². The van der Waals surface area contributed by atoms with E-state index in [1.165, 1.54) is 20.4 Å². The van der Waals surface area contributed by atoms with E-state index >= 15 is 0 Å². The smallest absolute Gasteiger partial charge is 0.383 e. The topological polar surface area (TPSA) is 105 Å². The second kappa shape index (κ2) is 9.66. The van der Waals surface area contributed by atoms with Crippen molar-refractivity contribution in [1.82, 2.24) is 4.31 Å². The highest BCUT2D eigenvalue weighted by molar-refractivity contribution is 7.91. The van der Waals surface area contributed by atoms with Crippen molar-refractivity contribution in [2.75, 3.05) is 13.1 Å². The van der Waals surface area contributed by atoms with Gasteiger partial charge < -0.3 is 4.74 Å². The van der Waals surface area contributed by atoms with Crippen LogP contribution in [0.2, 0.25) is 0 Å². The minimum absolute atomic E-state index is 0.0771. The number of hydroxylamine groups is 1. The lowest BCUT2D eigenvalue weighted by Crippen LogP contribution is -2.51. The largest absolute Gasteiger partial charge is 0.455 e. The van der Waals surface area contributed by atoms with Gasteiger partial charge in [-0.15, -0.1) is 11.3 Å². The number of ether oxygens (including phenoxy) is 1. The molecule has 1 fully saturated rings. The van der Waals surface area contributed by atoms with Gasteiger partial charge in [0.15, 0.2) is 5.60 Å². The number of esters is 1. The summed E-state index contributed by atoms with van der Waals surface area (Å²) in [6.07, 6.45) is 4.74.